The molecule has 0 radical (unpaired) electrons. The highest BCUT2D eigenvalue weighted by atomic mass is 16.5. The molecule has 0 bridgehead atoms. The van der Waals surface area contributed by atoms with Gasteiger partial charge in [-0.15, -0.1) is 0 Å². The highest BCUT2D eigenvalue weighted by molar-refractivity contribution is 6.08. The zero-order chi connectivity index (χ0) is 17.9. The Labute approximate surface area is 136 Å². The second-order valence-electron chi connectivity index (χ2n) is 4.82. The molecule has 0 aliphatic rings. The van der Waals surface area contributed by atoms with Crippen molar-refractivity contribution in [1.29, 1.82) is 0 Å². The van der Waals surface area contributed by atoms with Crippen LogP contribution in [0.2, 0.25) is 0 Å². The molecule has 2 rings (SSSR count). The maximum atomic E-state index is 12.2. The van der Waals surface area contributed by atoms with Crippen molar-refractivity contribution in [3.8, 4) is 17.4 Å². The van der Waals surface area contributed by atoms with Crippen molar-refractivity contribution in [3.63, 3.8) is 0 Å². The van der Waals surface area contributed by atoms with Gasteiger partial charge in [-0.1, -0.05) is 0 Å². The number of hydrogen-bond donors (Lipinski definition) is 2. The summed E-state index contributed by atoms with van der Waals surface area (Å²) in [6.07, 6.45) is 2.55. The number of nitrogens with zero attached hydrogens (tertiary/aromatic N) is 1. The summed E-state index contributed by atoms with van der Waals surface area (Å²) in [7, 11) is 4.22. The average Bonchev–Trinajstić information content (AvgIpc) is 2.57. The third-order valence-corrected chi connectivity index (χ3v) is 3.39. The number of allylic oxidation sites excluding steroid dienone is 1. The van der Waals surface area contributed by atoms with Crippen molar-refractivity contribution < 1.29 is 19.4 Å². The molecule has 2 aromatic rings. The minimum Gasteiger partial charge on any atom is -0.497 e. The second kappa shape index (κ2) is 6.86. The van der Waals surface area contributed by atoms with Gasteiger partial charge in [-0.2, -0.15) is 0 Å². The molecule has 126 valence electrons. The number of methoxy groups -OCH3 is 2. The zero-order valence-electron chi connectivity index (χ0n) is 13.3. The number of H-pyrrole nitrogens is 1. The van der Waals surface area contributed by atoms with Crippen molar-refractivity contribution in [2.45, 2.75) is 0 Å². The maximum absolute atomic E-state index is 12.2. The van der Waals surface area contributed by atoms with Gasteiger partial charge in [0, 0.05) is 18.7 Å². The molecule has 0 amide bonds. The van der Waals surface area contributed by atoms with E-state index >= 15 is 0 Å². The lowest BCUT2D eigenvalue weighted by atomic mass is 10.1. The highest BCUT2D eigenvalue weighted by Gasteiger charge is 2.17. The van der Waals surface area contributed by atoms with Crippen LogP contribution in [0.25, 0.3) is 6.08 Å². The molecule has 1 aromatic heterocycles. The minimum atomic E-state index is -0.952. The van der Waals surface area contributed by atoms with Gasteiger partial charge in [-0.3, -0.25) is 19.1 Å². The molecule has 2 N–H and O–H groups in total. The fourth-order valence-electron chi connectivity index (χ4n) is 2.04. The SMILES string of the molecule is COc1ccc(/C=C/C(=O)c2c(O)n(C)c(=O)[nH]c2=O)c(OC)c1. The summed E-state index contributed by atoms with van der Waals surface area (Å²) >= 11 is 0. The first-order chi connectivity index (χ1) is 11.4. The number of carbonyl (C=O) groups excluding carboxylic acids is 1. The molecule has 0 atom stereocenters. The number of aromatic amines is 1. The van der Waals surface area contributed by atoms with Gasteiger partial charge in [0.2, 0.25) is 5.88 Å². The van der Waals surface area contributed by atoms with E-state index in [4.69, 9.17) is 9.47 Å². The largest absolute Gasteiger partial charge is 0.497 e. The van der Waals surface area contributed by atoms with E-state index in [1.165, 1.54) is 27.3 Å². The lowest BCUT2D eigenvalue weighted by Gasteiger charge is -2.07. The Morgan fingerprint density at radius 1 is 1.25 bits per heavy atom. The van der Waals surface area contributed by atoms with Crippen LogP contribution in [0, 0.1) is 0 Å². The average molecular weight is 332 g/mol. The fourth-order valence-corrected chi connectivity index (χ4v) is 2.04. The molecule has 1 heterocycles. The first-order valence-corrected chi connectivity index (χ1v) is 6.85. The summed E-state index contributed by atoms with van der Waals surface area (Å²) in [5, 5.41) is 9.84. The van der Waals surface area contributed by atoms with Crippen molar-refractivity contribution in [3.05, 3.63) is 56.2 Å². The standard InChI is InChI=1S/C16H16N2O6/c1-18-15(21)13(14(20)17-16(18)22)11(19)7-5-9-4-6-10(23-2)8-12(9)24-3/h4-8,21H,1-3H3,(H,17,20,22)/b7-5+. The summed E-state index contributed by atoms with van der Waals surface area (Å²) in [5.74, 6) is -0.387. The predicted molar refractivity (Wildman–Crippen MR) is 86.9 cm³/mol. The van der Waals surface area contributed by atoms with Crippen LogP contribution in [0.3, 0.4) is 0 Å². The lowest BCUT2D eigenvalue weighted by Crippen LogP contribution is -2.32. The van der Waals surface area contributed by atoms with Crippen molar-refractivity contribution in [1.82, 2.24) is 9.55 Å². The van der Waals surface area contributed by atoms with E-state index in [0.717, 1.165) is 10.6 Å². The highest BCUT2D eigenvalue weighted by Crippen LogP contribution is 2.25. The number of hydrogen-bond acceptors (Lipinski definition) is 6. The molecule has 0 saturated carbocycles. The van der Waals surface area contributed by atoms with Gasteiger partial charge in [0.15, 0.2) is 5.78 Å². The Kier molecular flexibility index (Phi) is 4.88. The molecule has 8 heteroatoms. The lowest BCUT2D eigenvalue weighted by molar-refractivity contribution is 0.104. The second-order valence-corrected chi connectivity index (χ2v) is 4.82. The molecule has 0 saturated heterocycles. The smallest absolute Gasteiger partial charge is 0.330 e. The number of aromatic hydroxyl groups is 1. The van der Waals surface area contributed by atoms with Gasteiger partial charge in [-0.05, 0) is 24.3 Å². The number of benzene rings is 1. The third-order valence-electron chi connectivity index (χ3n) is 3.39. The monoisotopic (exact) mass is 332 g/mol. The molecule has 0 aliphatic carbocycles. The van der Waals surface area contributed by atoms with Crippen LogP contribution >= 0.6 is 0 Å². The van der Waals surface area contributed by atoms with Crippen molar-refractivity contribution >= 4 is 11.9 Å². The van der Waals surface area contributed by atoms with Gasteiger partial charge in [0.25, 0.3) is 5.56 Å². The Hall–Kier alpha value is -3.29. The van der Waals surface area contributed by atoms with E-state index in [1.54, 1.807) is 18.2 Å². The summed E-state index contributed by atoms with van der Waals surface area (Å²) in [4.78, 5) is 37.3. The van der Waals surface area contributed by atoms with Crippen LogP contribution in [-0.4, -0.2) is 34.7 Å². The molecule has 0 unspecified atom stereocenters. The Morgan fingerprint density at radius 3 is 2.58 bits per heavy atom. The van der Waals surface area contributed by atoms with Crippen molar-refractivity contribution in [2.75, 3.05) is 14.2 Å². The molecule has 24 heavy (non-hydrogen) atoms. The number of ether oxygens (including phenoxy) is 2. The van der Waals surface area contributed by atoms with Gasteiger partial charge >= 0.3 is 5.69 Å². The first-order valence-electron chi connectivity index (χ1n) is 6.85. The van der Waals surface area contributed by atoms with Crippen LogP contribution in [0.15, 0.2) is 33.9 Å². The van der Waals surface area contributed by atoms with Gasteiger partial charge in [-0.25, -0.2) is 4.79 Å². The molecule has 0 aliphatic heterocycles. The molecule has 0 spiro atoms. The molecular weight excluding hydrogens is 316 g/mol. The van der Waals surface area contributed by atoms with Crippen LogP contribution < -0.4 is 20.7 Å². The molecule has 1 aromatic carbocycles. The van der Waals surface area contributed by atoms with E-state index < -0.39 is 28.5 Å². The topological polar surface area (TPSA) is 111 Å². The van der Waals surface area contributed by atoms with E-state index in [0.29, 0.717) is 17.1 Å². The summed E-state index contributed by atoms with van der Waals surface area (Å²) < 4.78 is 11.1. The van der Waals surface area contributed by atoms with E-state index in [1.807, 2.05) is 4.98 Å². The summed E-state index contributed by atoms with van der Waals surface area (Å²) in [5.41, 5.74) is -1.70. The molecule has 8 nitrogen and oxygen atoms in total. The molecule has 0 fully saturated rings. The Balaban J connectivity index is 2.41. The van der Waals surface area contributed by atoms with E-state index in [-0.39, 0.29) is 0 Å². The minimum absolute atomic E-state index is 0.469. The number of aromatic nitrogens is 2. The number of rotatable bonds is 5. The first kappa shape index (κ1) is 17.1. The number of ketones is 1. The van der Waals surface area contributed by atoms with E-state index in [2.05, 4.69) is 0 Å². The van der Waals surface area contributed by atoms with Crippen LogP contribution in [0.4, 0.5) is 0 Å². The van der Waals surface area contributed by atoms with Gasteiger partial charge in [0.1, 0.15) is 17.1 Å². The van der Waals surface area contributed by atoms with Crippen LogP contribution in [0.1, 0.15) is 15.9 Å². The number of carbonyl (C=O) groups is 1. The van der Waals surface area contributed by atoms with E-state index in [9.17, 15) is 19.5 Å². The Morgan fingerprint density at radius 2 is 1.96 bits per heavy atom. The normalized spacial score (nSPS) is 10.8. The maximum Gasteiger partial charge on any atom is 0.330 e. The number of nitrogens with one attached hydrogen (secondary N) is 1. The predicted octanol–water partition coefficient (Wildman–Crippen LogP) is 0.693. The van der Waals surface area contributed by atoms with Gasteiger partial charge in [0.05, 0.1) is 14.2 Å². The zero-order valence-corrected chi connectivity index (χ0v) is 13.3. The summed E-state index contributed by atoms with van der Waals surface area (Å²) in [6, 6.07) is 5.00. The summed E-state index contributed by atoms with van der Waals surface area (Å²) in [6.45, 7) is 0. The molecular formula is C16H16N2O6. The quantitative estimate of drug-likeness (QED) is 0.616. The van der Waals surface area contributed by atoms with Gasteiger partial charge < -0.3 is 14.6 Å². The van der Waals surface area contributed by atoms with Crippen LogP contribution in [0.5, 0.6) is 17.4 Å². The van der Waals surface area contributed by atoms with Crippen LogP contribution in [-0.2, 0) is 7.05 Å². The Bertz CT molecular complexity index is 923. The third kappa shape index (κ3) is 3.22. The fraction of sp³-hybridized carbons (Fsp3) is 0.188. The van der Waals surface area contributed by atoms with Crippen molar-refractivity contribution in [2.24, 2.45) is 7.05 Å².